The lowest BCUT2D eigenvalue weighted by Gasteiger charge is -2.10. The van der Waals surface area contributed by atoms with Gasteiger partial charge in [0.1, 0.15) is 0 Å². The Morgan fingerprint density at radius 3 is 2.17 bits per heavy atom. The SMILES string of the molecule is CC(C)Cn1c2ccccc2c2cc(-c3ccccc3)ccc21. The third kappa shape index (κ3) is 2.43. The summed E-state index contributed by atoms with van der Waals surface area (Å²) < 4.78 is 2.46. The van der Waals surface area contributed by atoms with Crippen LogP contribution in [0.25, 0.3) is 32.9 Å². The van der Waals surface area contributed by atoms with Crippen LogP contribution < -0.4 is 0 Å². The van der Waals surface area contributed by atoms with Crippen molar-refractivity contribution in [1.82, 2.24) is 4.57 Å². The van der Waals surface area contributed by atoms with E-state index in [2.05, 4.69) is 91.2 Å². The fourth-order valence-electron chi connectivity index (χ4n) is 3.43. The van der Waals surface area contributed by atoms with Crippen molar-refractivity contribution in [2.24, 2.45) is 5.92 Å². The maximum Gasteiger partial charge on any atom is 0.0491 e. The van der Waals surface area contributed by atoms with E-state index in [-0.39, 0.29) is 0 Å². The van der Waals surface area contributed by atoms with Crippen LogP contribution in [0.4, 0.5) is 0 Å². The van der Waals surface area contributed by atoms with Crippen LogP contribution in [0.2, 0.25) is 0 Å². The summed E-state index contributed by atoms with van der Waals surface area (Å²) >= 11 is 0. The number of fused-ring (bicyclic) bond motifs is 3. The van der Waals surface area contributed by atoms with Crippen LogP contribution in [0.1, 0.15) is 13.8 Å². The van der Waals surface area contributed by atoms with Crippen LogP contribution in [0.15, 0.2) is 72.8 Å². The summed E-state index contributed by atoms with van der Waals surface area (Å²) in [6.07, 6.45) is 0. The van der Waals surface area contributed by atoms with Gasteiger partial charge in [-0.1, -0.05) is 68.4 Å². The molecule has 4 rings (SSSR count). The van der Waals surface area contributed by atoms with Gasteiger partial charge in [0.05, 0.1) is 0 Å². The molecule has 1 nitrogen and oxygen atoms in total. The van der Waals surface area contributed by atoms with Crippen molar-refractivity contribution in [3.05, 3.63) is 72.8 Å². The van der Waals surface area contributed by atoms with Crippen LogP contribution in [-0.2, 0) is 6.54 Å². The molecule has 0 aliphatic heterocycles. The molecule has 3 aromatic carbocycles. The van der Waals surface area contributed by atoms with Crippen LogP contribution in [0.5, 0.6) is 0 Å². The molecule has 0 fully saturated rings. The van der Waals surface area contributed by atoms with Gasteiger partial charge in [-0.2, -0.15) is 0 Å². The summed E-state index contributed by atoms with van der Waals surface area (Å²) in [7, 11) is 0. The van der Waals surface area contributed by atoms with Crippen LogP contribution in [0, 0.1) is 5.92 Å². The number of para-hydroxylation sites is 1. The van der Waals surface area contributed by atoms with E-state index in [9.17, 15) is 0 Å². The molecular formula is C22H21N. The number of hydrogen-bond donors (Lipinski definition) is 0. The van der Waals surface area contributed by atoms with Gasteiger partial charge < -0.3 is 4.57 Å². The Hall–Kier alpha value is -2.54. The monoisotopic (exact) mass is 299 g/mol. The molecule has 0 spiro atoms. The molecular weight excluding hydrogens is 278 g/mol. The average Bonchev–Trinajstić information content (AvgIpc) is 2.89. The Balaban J connectivity index is 2.00. The minimum atomic E-state index is 0.628. The lowest BCUT2D eigenvalue weighted by atomic mass is 10.0. The molecule has 1 heterocycles. The van der Waals surface area contributed by atoms with Gasteiger partial charge in [0.25, 0.3) is 0 Å². The highest BCUT2D eigenvalue weighted by atomic mass is 15.0. The molecule has 0 atom stereocenters. The lowest BCUT2D eigenvalue weighted by Crippen LogP contribution is -2.03. The average molecular weight is 299 g/mol. The second-order valence-corrected chi connectivity index (χ2v) is 6.62. The predicted octanol–water partition coefficient (Wildman–Crippen LogP) is 6.12. The van der Waals surface area contributed by atoms with Gasteiger partial charge in [0.2, 0.25) is 0 Å². The van der Waals surface area contributed by atoms with Gasteiger partial charge in [-0.25, -0.2) is 0 Å². The van der Waals surface area contributed by atoms with Crippen molar-refractivity contribution in [2.75, 3.05) is 0 Å². The van der Waals surface area contributed by atoms with E-state index in [4.69, 9.17) is 0 Å². The molecule has 0 N–H and O–H groups in total. The zero-order chi connectivity index (χ0) is 15.8. The van der Waals surface area contributed by atoms with E-state index in [0.717, 1.165) is 6.54 Å². The highest BCUT2D eigenvalue weighted by Crippen LogP contribution is 2.33. The molecule has 1 heteroatoms. The number of benzene rings is 3. The van der Waals surface area contributed by atoms with E-state index >= 15 is 0 Å². The minimum Gasteiger partial charge on any atom is -0.340 e. The topological polar surface area (TPSA) is 4.93 Å². The van der Waals surface area contributed by atoms with E-state index in [1.807, 2.05) is 0 Å². The number of rotatable bonds is 3. The van der Waals surface area contributed by atoms with Gasteiger partial charge in [-0.3, -0.25) is 0 Å². The Morgan fingerprint density at radius 1 is 0.696 bits per heavy atom. The summed E-state index contributed by atoms with van der Waals surface area (Å²) in [6, 6.07) is 26.2. The molecule has 0 saturated carbocycles. The van der Waals surface area contributed by atoms with E-state index in [1.165, 1.54) is 32.9 Å². The van der Waals surface area contributed by atoms with Gasteiger partial charge in [-0.15, -0.1) is 0 Å². The van der Waals surface area contributed by atoms with Crippen molar-refractivity contribution in [1.29, 1.82) is 0 Å². The van der Waals surface area contributed by atoms with Gasteiger partial charge in [0.15, 0.2) is 0 Å². The summed E-state index contributed by atoms with van der Waals surface area (Å²) in [5, 5.41) is 2.70. The largest absolute Gasteiger partial charge is 0.340 e. The zero-order valence-electron chi connectivity index (χ0n) is 13.7. The maximum atomic E-state index is 2.46. The van der Waals surface area contributed by atoms with Crippen molar-refractivity contribution in [2.45, 2.75) is 20.4 Å². The molecule has 0 saturated heterocycles. The third-order valence-corrected chi connectivity index (χ3v) is 4.43. The van der Waals surface area contributed by atoms with Crippen LogP contribution >= 0.6 is 0 Å². The number of nitrogens with zero attached hydrogens (tertiary/aromatic N) is 1. The van der Waals surface area contributed by atoms with Crippen molar-refractivity contribution < 1.29 is 0 Å². The molecule has 0 aliphatic carbocycles. The number of hydrogen-bond acceptors (Lipinski definition) is 0. The third-order valence-electron chi connectivity index (χ3n) is 4.43. The molecule has 114 valence electrons. The first-order chi connectivity index (χ1) is 11.2. The van der Waals surface area contributed by atoms with Crippen LogP contribution in [0.3, 0.4) is 0 Å². The first-order valence-electron chi connectivity index (χ1n) is 8.30. The van der Waals surface area contributed by atoms with Gasteiger partial charge in [0, 0.05) is 28.4 Å². The molecule has 0 aliphatic rings. The quantitative estimate of drug-likeness (QED) is 0.429. The molecule has 1 aromatic heterocycles. The highest BCUT2D eigenvalue weighted by Gasteiger charge is 2.12. The summed E-state index contributed by atoms with van der Waals surface area (Å²) in [6.45, 7) is 5.60. The zero-order valence-corrected chi connectivity index (χ0v) is 13.7. The predicted molar refractivity (Wildman–Crippen MR) is 99.7 cm³/mol. The molecule has 0 radical (unpaired) electrons. The second-order valence-electron chi connectivity index (χ2n) is 6.62. The second kappa shape index (κ2) is 5.58. The fourth-order valence-corrected chi connectivity index (χ4v) is 3.43. The summed E-state index contributed by atoms with van der Waals surface area (Å²) in [5.41, 5.74) is 5.22. The van der Waals surface area contributed by atoms with Crippen molar-refractivity contribution in [3.8, 4) is 11.1 Å². The Morgan fingerprint density at radius 2 is 1.39 bits per heavy atom. The Bertz CT molecular complexity index is 961. The van der Waals surface area contributed by atoms with E-state index in [0.29, 0.717) is 5.92 Å². The molecule has 0 bridgehead atoms. The molecule has 0 amide bonds. The molecule has 4 aromatic rings. The Labute approximate surface area is 137 Å². The Kier molecular flexibility index (Phi) is 3.42. The first-order valence-corrected chi connectivity index (χ1v) is 8.30. The lowest BCUT2D eigenvalue weighted by molar-refractivity contribution is 0.545. The van der Waals surface area contributed by atoms with E-state index < -0.39 is 0 Å². The summed E-state index contributed by atoms with van der Waals surface area (Å²) in [4.78, 5) is 0. The maximum absolute atomic E-state index is 2.46. The minimum absolute atomic E-state index is 0.628. The smallest absolute Gasteiger partial charge is 0.0491 e. The summed E-state index contributed by atoms with van der Waals surface area (Å²) in [5.74, 6) is 0.628. The van der Waals surface area contributed by atoms with E-state index in [1.54, 1.807) is 0 Å². The van der Waals surface area contributed by atoms with Crippen molar-refractivity contribution >= 4 is 21.8 Å². The molecule has 0 unspecified atom stereocenters. The molecule has 23 heavy (non-hydrogen) atoms. The van der Waals surface area contributed by atoms with Gasteiger partial charge >= 0.3 is 0 Å². The first kappa shape index (κ1) is 14.1. The van der Waals surface area contributed by atoms with Crippen LogP contribution in [-0.4, -0.2) is 4.57 Å². The normalized spacial score (nSPS) is 11.6. The van der Waals surface area contributed by atoms with Gasteiger partial charge in [-0.05, 0) is 35.2 Å². The number of aromatic nitrogens is 1. The highest BCUT2D eigenvalue weighted by molar-refractivity contribution is 6.09. The fraction of sp³-hybridized carbons (Fsp3) is 0.182. The standard InChI is InChI=1S/C22H21N/c1-16(2)15-23-21-11-7-6-10-19(21)20-14-18(12-13-22(20)23)17-8-4-3-5-9-17/h3-14,16H,15H2,1-2H3. The van der Waals surface area contributed by atoms with Crippen molar-refractivity contribution in [3.63, 3.8) is 0 Å².